The van der Waals surface area contributed by atoms with Crippen molar-refractivity contribution in [3.8, 4) is 0 Å². The van der Waals surface area contributed by atoms with Crippen molar-refractivity contribution in [3.05, 3.63) is 22.8 Å². The van der Waals surface area contributed by atoms with Crippen LogP contribution in [0.1, 0.15) is 17.3 Å². The molecule has 2 atom stereocenters. The van der Waals surface area contributed by atoms with Crippen LogP contribution in [0.3, 0.4) is 0 Å². The molecule has 1 amide bonds. The lowest BCUT2D eigenvalue weighted by atomic mass is 10.2. The molecule has 0 aromatic carbocycles. The van der Waals surface area contributed by atoms with Crippen LogP contribution in [-0.4, -0.2) is 33.2 Å². The summed E-state index contributed by atoms with van der Waals surface area (Å²) in [4.78, 5) is 15.7. The van der Waals surface area contributed by atoms with Gasteiger partial charge in [-0.1, -0.05) is 11.6 Å². The molecule has 0 bridgehead atoms. The van der Waals surface area contributed by atoms with Crippen LogP contribution in [-0.2, 0) is 10.8 Å². The molecule has 1 aromatic heterocycles. The molecule has 4 N–H and O–H groups in total. The molecule has 100 valence electrons. The number of hydrogen-bond donors (Lipinski definition) is 3. The number of hydrazine groups is 1. The molecule has 1 aromatic rings. The second kappa shape index (κ2) is 6.67. The van der Waals surface area contributed by atoms with E-state index >= 15 is 0 Å². The molecule has 0 saturated carbocycles. The quantitative estimate of drug-likeness (QED) is 0.417. The van der Waals surface area contributed by atoms with Gasteiger partial charge in [-0.3, -0.25) is 9.00 Å². The lowest BCUT2D eigenvalue weighted by Gasteiger charge is -2.10. The Kier molecular flexibility index (Phi) is 5.52. The van der Waals surface area contributed by atoms with E-state index < -0.39 is 10.8 Å². The number of nitrogens with one attached hydrogen (secondary N) is 2. The average Bonchev–Trinajstić information content (AvgIpc) is 2.34. The zero-order valence-electron chi connectivity index (χ0n) is 10.1. The van der Waals surface area contributed by atoms with Gasteiger partial charge in [0.05, 0.1) is 0 Å². The third-order valence-electron chi connectivity index (χ3n) is 2.32. The van der Waals surface area contributed by atoms with E-state index in [1.54, 1.807) is 13.2 Å². The van der Waals surface area contributed by atoms with Crippen LogP contribution < -0.4 is 16.6 Å². The fourth-order valence-corrected chi connectivity index (χ4v) is 1.68. The number of nitrogens with two attached hydrogens (primary N) is 1. The Balaban J connectivity index is 2.72. The maximum atomic E-state index is 11.8. The lowest BCUT2D eigenvalue weighted by molar-refractivity contribution is 0.0954. The molecule has 0 saturated heterocycles. The molecule has 1 rings (SSSR count). The summed E-state index contributed by atoms with van der Waals surface area (Å²) in [6, 6.07) is 2.92. The van der Waals surface area contributed by atoms with Crippen LogP contribution in [0.15, 0.2) is 12.1 Å². The third-order valence-corrected chi connectivity index (χ3v) is 3.81. The van der Waals surface area contributed by atoms with Crippen molar-refractivity contribution in [3.63, 3.8) is 0 Å². The Morgan fingerprint density at radius 2 is 2.28 bits per heavy atom. The number of amides is 1. The van der Waals surface area contributed by atoms with E-state index in [0.717, 1.165) is 0 Å². The van der Waals surface area contributed by atoms with Crippen molar-refractivity contribution in [2.75, 3.05) is 18.2 Å². The van der Waals surface area contributed by atoms with Gasteiger partial charge in [0.2, 0.25) is 0 Å². The first kappa shape index (κ1) is 14.9. The van der Waals surface area contributed by atoms with Crippen LogP contribution in [0.4, 0.5) is 5.82 Å². The lowest BCUT2D eigenvalue weighted by Crippen LogP contribution is -2.32. The highest BCUT2D eigenvalue weighted by Crippen LogP contribution is 2.13. The number of anilines is 1. The molecule has 2 unspecified atom stereocenters. The van der Waals surface area contributed by atoms with E-state index in [0.29, 0.717) is 17.9 Å². The van der Waals surface area contributed by atoms with Gasteiger partial charge in [0.1, 0.15) is 11.0 Å². The average molecular weight is 291 g/mol. The molecule has 1 heterocycles. The standard InChI is InChI=1S/C10H15ClN4O2S/c1-6(18(2)17)5-13-10(16)7-3-8(11)14-9(4-7)15-12/h3-4,6H,5,12H2,1-2H3,(H,13,16)(H,14,15). The Morgan fingerprint density at radius 1 is 1.61 bits per heavy atom. The number of nitrogens with zero attached hydrogens (tertiary/aromatic N) is 1. The largest absolute Gasteiger partial charge is 0.351 e. The number of carbonyl (C=O) groups is 1. The molecule has 18 heavy (non-hydrogen) atoms. The van der Waals surface area contributed by atoms with Gasteiger partial charge >= 0.3 is 0 Å². The number of hydrogen-bond acceptors (Lipinski definition) is 5. The van der Waals surface area contributed by atoms with Gasteiger partial charge in [-0.15, -0.1) is 0 Å². The van der Waals surface area contributed by atoms with Crippen molar-refractivity contribution in [1.29, 1.82) is 0 Å². The predicted molar refractivity (Wildman–Crippen MR) is 72.9 cm³/mol. The molecular formula is C10H15ClN4O2S. The number of pyridine rings is 1. The summed E-state index contributed by atoms with van der Waals surface area (Å²) in [5, 5.41) is 2.73. The normalized spacial score (nSPS) is 13.8. The number of carbonyl (C=O) groups excluding carboxylic acids is 1. The van der Waals surface area contributed by atoms with Gasteiger partial charge in [-0.2, -0.15) is 0 Å². The third kappa shape index (κ3) is 4.25. The van der Waals surface area contributed by atoms with Crippen LogP contribution in [0.2, 0.25) is 5.15 Å². The van der Waals surface area contributed by atoms with Crippen LogP contribution in [0, 0.1) is 0 Å². The van der Waals surface area contributed by atoms with Crippen molar-refractivity contribution >= 4 is 34.1 Å². The SMILES string of the molecule is CC(CNC(=O)c1cc(Cl)nc(NN)c1)S(C)=O. The van der Waals surface area contributed by atoms with Crippen LogP contribution >= 0.6 is 11.6 Å². The predicted octanol–water partition coefficient (Wildman–Crippen LogP) is 0.517. The first-order valence-electron chi connectivity index (χ1n) is 5.18. The van der Waals surface area contributed by atoms with Crippen molar-refractivity contribution in [2.24, 2.45) is 5.84 Å². The van der Waals surface area contributed by atoms with E-state index in [1.165, 1.54) is 12.1 Å². The van der Waals surface area contributed by atoms with E-state index in [2.05, 4.69) is 15.7 Å². The Hall–Kier alpha value is -1.18. The minimum atomic E-state index is -0.979. The molecule has 8 heteroatoms. The summed E-state index contributed by atoms with van der Waals surface area (Å²) in [7, 11) is -0.979. The van der Waals surface area contributed by atoms with Gasteiger partial charge < -0.3 is 10.7 Å². The first-order valence-corrected chi connectivity index (χ1v) is 7.18. The molecule has 0 fully saturated rings. The summed E-state index contributed by atoms with van der Waals surface area (Å²) in [6.07, 6.45) is 1.59. The van der Waals surface area contributed by atoms with Gasteiger partial charge in [0, 0.05) is 34.4 Å². The highest BCUT2D eigenvalue weighted by atomic mass is 35.5. The summed E-state index contributed by atoms with van der Waals surface area (Å²) in [6.45, 7) is 2.12. The van der Waals surface area contributed by atoms with E-state index in [-0.39, 0.29) is 16.3 Å². The van der Waals surface area contributed by atoms with Crippen molar-refractivity contribution < 1.29 is 9.00 Å². The molecule has 0 aliphatic rings. The number of nitrogen functional groups attached to an aromatic ring is 1. The summed E-state index contributed by atoms with van der Waals surface area (Å²) in [5.74, 6) is 5.20. The van der Waals surface area contributed by atoms with E-state index in [9.17, 15) is 9.00 Å². The summed E-state index contributed by atoms with van der Waals surface area (Å²) >= 11 is 5.75. The van der Waals surface area contributed by atoms with Crippen LogP contribution in [0.25, 0.3) is 0 Å². The second-order valence-corrected chi connectivity index (χ2v) is 5.92. The smallest absolute Gasteiger partial charge is 0.251 e. The maximum Gasteiger partial charge on any atom is 0.251 e. The molecule has 6 nitrogen and oxygen atoms in total. The molecule has 0 radical (unpaired) electrons. The first-order chi connectivity index (χ1) is 8.43. The topological polar surface area (TPSA) is 97.1 Å². The Bertz CT molecular complexity index is 469. The summed E-state index contributed by atoms with van der Waals surface area (Å²) in [5.41, 5.74) is 2.67. The van der Waals surface area contributed by atoms with E-state index in [1.807, 2.05) is 0 Å². The minimum absolute atomic E-state index is 0.113. The Labute approximate surface area is 113 Å². The van der Waals surface area contributed by atoms with E-state index in [4.69, 9.17) is 17.4 Å². The minimum Gasteiger partial charge on any atom is -0.351 e. The number of rotatable bonds is 5. The molecular weight excluding hydrogens is 276 g/mol. The second-order valence-electron chi connectivity index (χ2n) is 3.73. The van der Waals surface area contributed by atoms with Gasteiger partial charge in [-0.05, 0) is 19.1 Å². The maximum absolute atomic E-state index is 11.8. The highest BCUT2D eigenvalue weighted by Gasteiger charge is 2.12. The Morgan fingerprint density at radius 3 is 2.83 bits per heavy atom. The fraction of sp³-hybridized carbons (Fsp3) is 0.400. The molecule has 0 aliphatic carbocycles. The van der Waals surface area contributed by atoms with Crippen molar-refractivity contribution in [2.45, 2.75) is 12.2 Å². The van der Waals surface area contributed by atoms with Gasteiger partial charge in [0.25, 0.3) is 5.91 Å². The number of halogens is 1. The highest BCUT2D eigenvalue weighted by molar-refractivity contribution is 7.84. The van der Waals surface area contributed by atoms with Gasteiger partial charge in [0.15, 0.2) is 0 Å². The van der Waals surface area contributed by atoms with Crippen LogP contribution in [0.5, 0.6) is 0 Å². The molecule has 0 spiro atoms. The summed E-state index contributed by atoms with van der Waals surface area (Å²) < 4.78 is 11.1. The zero-order valence-corrected chi connectivity index (χ0v) is 11.6. The fourth-order valence-electron chi connectivity index (χ4n) is 1.16. The monoisotopic (exact) mass is 290 g/mol. The van der Waals surface area contributed by atoms with Gasteiger partial charge in [-0.25, -0.2) is 10.8 Å². The van der Waals surface area contributed by atoms with Crippen molar-refractivity contribution in [1.82, 2.24) is 10.3 Å². The zero-order chi connectivity index (χ0) is 13.7. The number of aromatic nitrogens is 1. The molecule has 0 aliphatic heterocycles.